The summed E-state index contributed by atoms with van der Waals surface area (Å²) in [6.07, 6.45) is -3.23. The maximum Gasteiger partial charge on any atom is 0.299 e. The van der Waals surface area contributed by atoms with Gasteiger partial charge in [0.2, 0.25) is 12.6 Å². The summed E-state index contributed by atoms with van der Waals surface area (Å²) in [6.45, 7) is 6.61. The molecule has 0 aliphatic carbocycles. The zero-order valence-corrected chi connectivity index (χ0v) is 18.0. The van der Waals surface area contributed by atoms with E-state index in [4.69, 9.17) is 17.8 Å². The Morgan fingerprint density at radius 3 is 1.31 bits per heavy atom. The van der Waals surface area contributed by atoms with Gasteiger partial charge in [0.25, 0.3) is 20.2 Å². The van der Waals surface area contributed by atoms with Crippen molar-refractivity contribution in [1.82, 2.24) is 0 Å². The van der Waals surface area contributed by atoms with Crippen molar-refractivity contribution in [2.45, 2.75) is 55.9 Å². The lowest BCUT2D eigenvalue weighted by Crippen LogP contribution is -2.32. The highest BCUT2D eigenvalue weighted by Gasteiger charge is 2.47. The molecule has 0 spiro atoms. The number of hydrogen-bond donors (Lipinski definition) is 0. The van der Waals surface area contributed by atoms with Crippen molar-refractivity contribution in [3.63, 3.8) is 0 Å². The Bertz CT molecular complexity index is 985. The summed E-state index contributed by atoms with van der Waals surface area (Å²) in [6, 6.07) is 12.0. The van der Waals surface area contributed by atoms with Gasteiger partial charge in [-0.2, -0.15) is 16.8 Å². The van der Waals surface area contributed by atoms with Crippen molar-refractivity contribution < 1.29 is 34.7 Å². The first-order valence-electron chi connectivity index (χ1n) is 8.74. The van der Waals surface area contributed by atoms with E-state index in [2.05, 4.69) is 0 Å². The Kier molecular flexibility index (Phi) is 5.87. The molecule has 158 valence electrons. The van der Waals surface area contributed by atoms with Crippen molar-refractivity contribution >= 4 is 20.2 Å². The fourth-order valence-electron chi connectivity index (χ4n) is 2.60. The van der Waals surface area contributed by atoms with E-state index in [-0.39, 0.29) is 9.79 Å². The molecule has 1 heterocycles. The molecule has 1 fully saturated rings. The zero-order chi connectivity index (χ0) is 21.4. The molecule has 1 aliphatic rings. The predicted octanol–water partition coefficient (Wildman–Crippen LogP) is 2.85. The summed E-state index contributed by atoms with van der Waals surface area (Å²) in [5.41, 5.74) is 1.74. The first-order valence-corrected chi connectivity index (χ1v) is 11.6. The smallest absolute Gasteiger partial charge is 0.299 e. The van der Waals surface area contributed by atoms with Crippen LogP contribution in [0.5, 0.6) is 0 Å². The standard InChI is InChI=1S/C19H22O8S2/c1-13-5-9-15(10-6-13)28(20,21)26-17-18(25-19(3,4)24-17)27-29(22,23)16-11-7-14(2)8-12-16/h5-12,17-18H,1-4H3/t17-,18-/m1/s1. The highest BCUT2D eigenvalue weighted by Crippen LogP contribution is 2.33. The first kappa shape index (κ1) is 21.9. The van der Waals surface area contributed by atoms with Gasteiger partial charge in [-0.25, -0.2) is 8.37 Å². The van der Waals surface area contributed by atoms with Gasteiger partial charge in [-0.05, 0) is 52.0 Å². The van der Waals surface area contributed by atoms with E-state index in [1.54, 1.807) is 24.3 Å². The lowest BCUT2D eigenvalue weighted by molar-refractivity contribution is -0.173. The fourth-order valence-corrected chi connectivity index (χ4v) is 4.52. The SMILES string of the molecule is Cc1ccc(S(=O)(=O)O[C@H]2OC(C)(C)O[C@@H]2OS(=O)(=O)c2ccc(C)cc2)cc1. The Hall–Kier alpha value is -1.82. The van der Waals surface area contributed by atoms with E-state index in [0.29, 0.717) is 0 Å². The van der Waals surface area contributed by atoms with Gasteiger partial charge in [0, 0.05) is 0 Å². The number of rotatable bonds is 6. The minimum Gasteiger partial charge on any atom is -0.315 e. The van der Waals surface area contributed by atoms with Gasteiger partial charge < -0.3 is 9.47 Å². The maximum absolute atomic E-state index is 12.6. The molecule has 1 saturated heterocycles. The summed E-state index contributed by atoms with van der Waals surface area (Å²) in [5, 5.41) is 0. The molecule has 3 rings (SSSR count). The van der Waals surface area contributed by atoms with Crippen molar-refractivity contribution in [2.24, 2.45) is 0 Å². The quantitative estimate of drug-likeness (QED) is 0.629. The molecule has 29 heavy (non-hydrogen) atoms. The van der Waals surface area contributed by atoms with Gasteiger partial charge in [-0.15, -0.1) is 0 Å². The van der Waals surface area contributed by atoms with E-state index in [9.17, 15) is 16.8 Å². The Balaban J connectivity index is 1.83. The average molecular weight is 443 g/mol. The average Bonchev–Trinajstić information content (AvgIpc) is 2.87. The van der Waals surface area contributed by atoms with Crippen LogP contribution in [0.2, 0.25) is 0 Å². The predicted molar refractivity (Wildman–Crippen MR) is 103 cm³/mol. The fraction of sp³-hybridized carbons (Fsp3) is 0.368. The minimum atomic E-state index is -4.25. The van der Waals surface area contributed by atoms with E-state index in [1.165, 1.54) is 38.1 Å². The summed E-state index contributed by atoms with van der Waals surface area (Å²) >= 11 is 0. The van der Waals surface area contributed by atoms with Crippen LogP contribution in [-0.4, -0.2) is 35.2 Å². The third-order valence-electron chi connectivity index (χ3n) is 4.08. The second-order valence-corrected chi connectivity index (χ2v) is 10.2. The van der Waals surface area contributed by atoms with Crippen LogP contribution in [0, 0.1) is 13.8 Å². The third-order valence-corrected chi connectivity index (χ3v) is 6.67. The molecule has 0 unspecified atom stereocenters. The Morgan fingerprint density at radius 2 is 1.00 bits per heavy atom. The molecule has 0 N–H and O–H groups in total. The molecular formula is C19H22O8S2. The highest BCUT2D eigenvalue weighted by molar-refractivity contribution is 7.87. The van der Waals surface area contributed by atoms with Crippen molar-refractivity contribution in [1.29, 1.82) is 0 Å². The lowest BCUT2D eigenvalue weighted by Gasteiger charge is -2.17. The topological polar surface area (TPSA) is 105 Å². The summed E-state index contributed by atoms with van der Waals surface area (Å²) in [5.74, 6) is -1.32. The van der Waals surface area contributed by atoms with Crippen molar-refractivity contribution in [3.05, 3.63) is 59.7 Å². The number of aryl methyl sites for hydroxylation is 2. The normalized spacial score (nSPS) is 21.9. The summed E-state index contributed by atoms with van der Waals surface area (Å²) in [4.78, 5) is -0.201. The van der Waals surface area contributed by atoms with Gasteiger partial charge in [-0.3, -0.25) is 0 Å². The molecule has 2 aromatic carbocycles. The van der Waals surface area contributed by atoms with E-state index >= 15 is 0 Å². The van der Waals surface area contributed by atoms with Crippen LogP contribution in [0.25, 0.3) is 0 Å². The van der Waals surface area contributed by atoms with Gasteiger partial charge in [0.15, 0.2) is 5.79 Å². The molecule has 0 radical (unpaired) electrons. The van der Waals surface area contributed by atoms with Crippen LogP contribution in [0.3, 0.4) is 0 Å². The minimum absolute atomic E-state index is 0.100. The monoisotopic (exact) mass is 442 g/mol. The van der Waals surface area contributed by atoms with Crippen LogP contribution in [0.15, 0.2) is 58.3 Å². The molecule has 2 atom stereocenters. The molecule has 1 aliphatic heterocycles. The van der Waals surface area contributed by atoms with Gasteiger partial charge >= 0.3 is 0 Å². The van der Waals surface area contributed by atoms with E-state index in [1.807, 2.05) is 13.8 Å². The van der Waals surface area contributed by atoms with E-state index in [0.717, 1.165) is 11.1 Å². The zero-order valence-electron chi connectivity index (χ0n) is 16.4. The summed E-state index contributed by atoms with van der Waals surface area (Å²) < 4.78 is 71.3. The third kappa shape index (κ3) is 5.21. The molecule has 0 bridgehead atoms. The highest BCUT2D eigenvalue weighted by atomic mass is 32.2. The van der Waals surface area contributed by atoms with Crippen LogP contribution >= 0.6 is 0 Å². The molecular weight excluding hydrogens is 420 g/mol. The van der Waals surface area contributed by atoms with Crippen LogP contribution in [0.1, 0.15) is 25.0 Å². The Labute approximate surface area is 170 Å². The molecule has 0 saturated carbocycles. The second-order valence-electron chi connectivity index (χ2n) is 7.10. The number of benzene rings is 2. The molecule has 0 aromatic heterocycles. The van der Waals surface area contributed by atoms with Gasteiger partial charge in [-0.1, -0.05) is 35.4 Å². The molecule has 10 heteroatoms. The Morgan fingerprint density at radius 1 is 0.690 bits per heavy atom. The van der Waals surface area contributed by atoms with Crippen LogP contribution in [0.4, 0.5) is 0 Å². The molecule has 0 amide bonds. The first-order chi connectivity index (χ1) is 13.4. The van der Waals surface area contributed by atoms with Gasteiger partial charge in [0.05, 0.1) is 9.79 Å². The van der Waals surface area contributed by atoms with Gasteiger partial charge in [0.1, 0.15) is 0 Å². The largest absolute Gasteiger partial charge is 0.315 e. The number of hydrogen-bond acceptors (Lipinski definition) is 8. The van der Waals surface area contributed by atoms with Crippen LogP contribution < -0.4 is 0 Å². The van der Waals surface area contributed by atoms with Crippen LogP contribution in [-0.2, 0) is 38.1 Å². The van der Waals surface area contributed by atoms with E-state index < -0.39 is 38.6 Å². The van der Waals surface area contributed by atoms with Crippen molar-refractivity contribution in [2.75, 3.05) is 0 Å². The maximum atomic E-state index is 12.6. The molecule has 8 nitrogen and oxygen atoms in total. The lowest BCUT2D eigenvalue weighted by atomic mass is 10.2. The summed E-state index contributed by atoms with van der Waals surface area (Å²) in [7, 11) is -8.50. The molecule has 2 aromatic rings. The number of ether oxygens (including phenoxy) is 2. The second kappa shape index (κ2) is 7.78. The van der Waals surface area contributed by atoms with Crippen molar-refractivity contribution in [3.8, 4) is 0 Å².